The van der Waals surface area contributed by atoms with Gasteiger partial charge in [-0.25, -0.2) is 4.68 Å². The van der Waals surface area contributed by atoms with Gasteiger partial charge in [-0.05, 0) is 61.4 Å². The zero-order chi connectivity index (χ0) is 19.8. The molecule has 28 heavy (non-hydrogen) atoms. The number of rotatable bonds is 3. The Labute approximate surface area is 186 Å². The molecule has 4 rings (SSSR count). The molecule has 0 saturated heterocycles. The average Bonchev–Trinajstić information content (AvgIpc) is 3.02. The molecule has 3 aromatic carbocycles. The third-order valence-corrected chi connectivity index (χ3v) is 6.21. The fourth-order valence-electron chi connectivity index (χ4n) is 3.09. The van der Waals surface area contributed by atoms with Crippen LogP contribution in [0.3, 0.4) is 0 Å². The zero-order valence-electron chi connectivity index (χ0n) is 15.4. The van der Waals surface area contributed by atoms with E-state index in [0.717, 1.165) is 37.1 Å². The molecule has 0 aliphatic carbocycles. The highest BCUT2D eigenvalue weighted by atomic mass is 79.9. The van der Waals surface area contributed by atoms with Crippen molar-refractivity contribution in [3.8, 4) is 28.2 Å². The molecule has 0 amide bonds. The van der Waals surface area contributed by atoms with Crippen LogP contribution in [0.15, 0.2) is 75.7 Å². The summed E-state index contributed by atoms with van der Waals surface area (Å²) in [5.41, 5.74) is 7.11. The van der Waals surface area contributed by atoms with E-state index in [2.05, 4.69) is 76.0 Å². The largest absolute Gasteiger partial charge is 0.231 e. The molecule has 0 N–H and O–H groups in total. The maximum absolute atomic E-state index is 6.89. The monoisotopic (exact) mass is 514 g/mol. The first-order valence-corrected chi connectivity index (χ1v) is 10.8. The summed E-state index contributed by atoms with van der Waals surface area (Å²) in [5.74, 6) is 0. The van der Waals surface area contributed by atoms with Gasteiger partial charge >= 0.3 is 0 Å². The van der Waals surface area contributed by atoms with E-state index in [1.54, 1.807) is 0 Å². The number of hydrogen-bond donors (Lipinski definition) is 0. The van der Waals surface area contributed by atoms with Gasteiger partial charge < -0.3 is 0 Å². The first-order chi connectivity index (χ1) is 13.4. The van der Waals surface area contributed by atoms with Gasteiger partial charge in [0.25, 0.3) is 0 Å². The Bertz CT molecular complexity index is 1150. The molecule has 0 radical (unpaired) electrons. The number of hydrogen-bond acceptors (Lipinski definition) is 1. The van der Waals surface area contributed by atoms with Crippen molar-refractivity contribution >= 4 is 43.5 Å². The van der Waals surface area contributed by atoms with Crippen LogP contribution in [0.1, 0.15) is 11.1 Å². The third-order valence-electron chi connectivity index (χ3n) is 4.80. The molecule has 0 saturated carbocycles. The second kappa shape index (κ2) is 7.86. The molecular weight excluding hydrogens is 500 g/mol. The lowest BCUT2D eigenvalue weighted by atomic mass is 10.1. The number of aromatic nitrogens is 2. The van der Waals surface area contributed by atoms with Gasteiger partial charge in [0.05, 0.1) is 16.4 Å². The SMILES string of the molecule is Cc1ccc(-n2nc(-c3ccc(Br)cc3)c(Cl)c2-c2ccc(Br)cc2)cc1C. The normalized spacial score (nSPS) is 11.0. The Morgan fingerprint density at radius 3 is 1.89 bits per heavy atom. The summed E-state index contributed by atoms with van der Waals surface area (Å²) in [6.45, 7) is 4.22. The predicted molar refractivity (Wildman–Crippen MR) is 124 cm³/mol. The van der Waals surface area contributed by atoms with E-state index in [0.29, 0.717) is 5.02 Å². The van der Waals surface area contributed by atoms with Crippen molar-refractivity contribution in [2.45, 2.75) is 13.8 Å². The van der Waals surface area contributed by atoms with Crippen molar-refractivity contribution < 1.29 is 0 Å². The summed E-state index contributed by atoms with van der Waals surface area (Å²) in [7, 11) is 0. The van der Waals surface area contributed by atoms with Crippen LogP contribution >= 0.6 is 43.5 Å². The molecule has 1 heterocycles. The quantitative estimate of drug-likeness (QED) is 0.270. The van der Waals surface area contributed by atoms with Crippen molar-refractivity contribution in [2.24, 2.45) is 0 Å². The van der Waals surface area contributed by atoms with Crippen molar-refractivity contribution in [1.29, 1.82) is 0 Å². The summed E-state index contributed by atoms with van der Waals surface area (Å²) in [6.07, 6.45) is 0. The summed E-state index contributed by atoms with van der Waals surface area (Å²) in [5, 5.41) is 5.55. The van der Waals surface area contributed by atoms with E-state index in [1.165, 1.54) is 11.1 Å². The van der Waals surface area contributed by atoms with Crippen LogP contribution in [-0.4, -0.2) is 9.78 Å². The predicted octanol–water partition coefficient (Wildman–Crippen LogP) is 8.00. The Morgan fingerprint density at radius 2 is 1.32 bits per heavy atom. The van der Waals surface area contributed by atoms with Crippen LogP contribution in [-0.2, 0) is 0 Å². The summed E-state index contributed by atoms with van der Waals surface area (Å²) in [4.78, 5) is 0. The Hall–Kier alpha value is -1.88. The Balaban J connectivity index is 1.97. The topological polar surface area (TPSA) is 17.8 Å². The lowest BCUT2D eigenvalue weighted by Crippen LogP contribution is -2.00. The van der Waals surface area contributed by atoms with Gasteiger partial charge in [-0.1, -0.05) is 73.8 Å². The Morgan fingerprint density at radius 1 is 0.750 bits per heavy atom. The van der Waals surface area contributed by atoms with E-state index >= 15 is 0 Å². The molecule has 5 heteroatoms. The van der Waals surface area contributed by atoms with Crippen LogP contribution in [0.5, 0.6) is 0 Å². The summed E-state index contributed by atoms with van der Waals surface area (Å²) < 4.78 is 3.99. The van der Waals surface area contributed by atoms with E-state index in [-0.39, 0.29) is 0 Å². The van der Waals surface area contributed by atoms with Gasteiger partial charge in [-0.3, -0.25) is 0 Å². The molecule has 1 aromatic heterocycles. The van der Waals surface area contributed by atoms with Crippen LogP contribution < -0.4 is 0 Å². The number of halogens is 3. The number of aryl methyl sites for hydroxylation is 2. The molecular formula is C23H17Br2ClN2. The van der Waals surface area contributed by atoms with Crippen molar-refractivity contribution in [3.63, 3.8) is 0 Å². The van der Waals surface area contributed by atoms with E-state index in [1.807, 2.05) is 41.1 Å². The minimum Gasteiger partial charge on any atom is -0.231 e. The van der Waals surface area contributed by atoms with Gasteiger partial charge in [0, 0.05) is 20.1 Å². The van der Waals surface area contributed by atoms with Crippen LogP contribution in [0.4, 0.5) is 0 Å². The minimum absolute atomic E-state index is 0.642. The first-order valence-electron chi connectivity index (χ1n) is 8.82. The van der Waals surface area contributed by atoms with Gasteiger partial charge in [0.2, 0.25) is 0 Å². The molecule has 0 unspecified atom stereocenters. The standard InChI is InChI=1S/C23H17Br2ClN2/c1-14-3-12-20(13-15(14)2)28-23(17-6-10-19(25)11-7-17)21(26)22(27-28)16-4-8-18(24)9-5-16/h3-13H,1-2H3. The molecule has 0 aliphatic heterocycles. The molecule has 0 atom stereocenters. The minimum atomic E-state index is 0.642. The average molecular weight is 517 g/mol. The highest BCUT2D eigenvalue weighted by Crippen LogP contribution is 2.38. The van der Waals surface area contributed by atoms with Crippen molar-refractivity contribution in [2.75, 3.05) is 0 Å². The highest BCUT2D eigenvalue weighted by Gasteiger charge is 2.20. The van der Waals surface area contributed by atoms with Crippen molar-refractivity contribution in [1.82, 2.24) is 9.78 Å². The fraction of sp³-hybridized carbons (Fsp3) is 0.0870. The molecule has 4 aromatic rings. The molecule has 0 bridgehead atoms. The summed E-state index contributed by atoms with van der Waals surface area (Å²) >= 11 is 13.9. The number of nitrogens with zero attached hydrogens (tertiary/aromatic N) is 2. The Kier molecular flexibility index (Phi) is 5.46. The van der Waals surface area contributed by atoms with E-state index in [4.69, 9.17) is 16.7 Å². The second-order valence-corrected chi connectivity index (χ2v) is 8.91. The summed E-state index contributed by atoms with van der Waals surface area (Å²) in [6, 6.07) is 22.5. The molecule has 140 valence electrons. The molecule has 2 nitrogen and oxygen atoms in total. The lowest BCUT2D eigenvalue weighted by molar-refractivity contribution is 0.889. The van der Waals surface area contributed by atoms with Gasteiger partial charge in [0.15, 0.2) is 0 Å². The van der Waals surface area contributed by atoms with Crippen LogP contribution in [0.2, 0.25) is 5.02 Å². The van der Waals surface area contributed by atoms with E-state index < -0.39 is 0 Å². The third kappa shape index (κ3) is 3.69. The highest BCUT2D eigenvalue weighted by molar-refractivity contribution is 9.10. The molecule has 0 fully saturated rings. The van der Waals surface area contributed by atoms with Gasteiger partial charge in [-0.15, -0.1) is 0 Å². The molecule has 0 aliphatic rings. The van der Waals surface area contributed by atoms with Gasteiger partial charge in [0.1, 0.15) is 5.69 Å². The fourth-order valence-corrected chi connectivity index (χ4v) is 3.96. The van der Waals surface area contributed by atoms with Crippen molar-refractivity contribution in [3.05, 3.63) is 91.8 Å². The second-order valence-electron chi connectivity index (χ2n) is 6.71. The molecule has 0 spiro atoms. The van der Waals surface area contributed by atoms with Crippen LogP contribution in [0, 0.1) is 13.8 Å². The maximum Gasteiger partial charge on any atom is 0.112 e. The first kappa shape index (κ1) is 19.4. The maximum atomic E-state index is 6.89. The van der Waals surface area contributed by atoms with Gasteiger partial charge in [-0.2, -0.15) is 5.10 Å². The smallest absolute Gasteiger partial charge is 0.112 e. The number of benzene rings is 3. The van der Waals surface area contributed by atoms with Crippen LogP contribution in [0.25, 0.3) is 28.2 Å². The lowest BCUT2D eigenvalue weighted by Gasteiger charge is -2.10. The zero-order valence-corrected chi connectivity index (χ0v) is 19.3. The van der Waals surface area contributed by atoms with E-state index in [9.17, 15) is 0 Å².